The summed E-state index contributed by atoms with van der Waals surface area (Å²) >= 11 is 1.16. The third kappa shape index (κ3) is 3.65. The standard InChI is InChI=1S/C18H17N3O2S/c1-2-15(17(22)23)24-18-19-16(20-21-18)14-10-8-13(9-11-14)12-6-4-3-5-7-12/h3-11,15H,2H2,1H3,(H,22,23)(H,19,20,21). The van der Waals surface area contributed by atoms with Gasteiger partial charge in [-0.25, -0.2) is 4.98 Å². The van der Waals surface area contributed by atoms with Crippen LogP contribution in [0.2, 0.25) is 0 Å². The third-order valence-electron chi connectivity index (χ3n) is 3.62. The number of carboxylic acids is 1. The Hall–Kier alpha value is -2.60. The monoisotopic (exact) mass is 339 g/mol. The quantitative estimate of drug-likeness (QED) is 0.661. The third-order valence-corrected chi connectivity index (χ3v) is 4.84. The summed E-state index contributed by atoms with van der Waals surface area (Å²) in [5, 5.41) is 16.0. The van der Waals surface area contributed by atoms with Crippen molar-refractivity contribution in [2.75, 3.05) is 0 Å². The molecule has 1 unspecified atom stereocenters. The first-order chi connectivity index (χ1) is 11.7. The number of benzene rings is 2. The molecule has 0 fully saturated rings. The van der Waals surface area contributed by atoms with E-state index in [0.29, 0.717) is 17.4 Å². The molecule has 0 aliphatic carbocycles. The van der Waals surface area contributed by atoms with E-state index >= 15 is 0 Å². The van der Waals surface area contributed by atoms with E-state index in [1.54, 1.807) is 0 Å². The number of hydrogen-bond donors (Lipinski definition) is 2. The van der Waals surface area contributed by atoms with Crippen molar-refractivity contribution in [3.63, 3.8) is 0 Å². The van der Waals surface area contributed by atoms with Crippen molar-refractivity contribution in [2.24, 2.45) is 0 Å². The SMILES string of the molecule is CCC(Sc1n[nH]c(-c2ccc(-c3ccccc3)cc2)n1)C(=O)O. The van der Waals surface area contributed by atoms with Gasteiger partial charge in [0, 0.05) is 5.56 Å². The van der Waals surface area contributed by atoms with Gasteiger partial charge in [-0.2, -0.15) is 0 Å². The highest BCUT2D eigenvalue weighted by Gasteiger charge is 2.19. The average molecular weight is 339 g/mol. The zero-order valence-electron chi connectivity index (χ0n) is 13.1. The molecule has 0 aliphatic rings. The number of carbonyl (C=O) groups is 1. The highest BCUT2D eigenvalue weighted by atomic mass is 32.2. The van der Waals surface area contributed by atoms with Gasteiger partial charge in [0.2, 0.25) is 5.16 Å². The number of nitrogens with one attached hydrogen (secondary N) is 1. The van der Waals surface area contributed by atoms with Crippen LogP contribution in [0.1, 0.15) is 13.3 Å². The van der Waals surface area contributed by atoms with E-state index in [1.165, 1.54) is 0 Å². The molecule has 0 saturated carbocycles. The van der Waals surface area contributed by atoms with Crippen LogP contribution in [0.15, 0.2) is 59.8 Å². The molecule has 0 spiro atoms. The minimum absolute atomic E-state index is 0.450. The summed E-state index contributed by atoms with van der Waals surface area (Å²) in [5.41, 5.74) is 3.20. The summed E-state index contributed by atoms with van der Waals surface area (Å²) in [5.74, 6) is -0.210. The van der Waals surface area contributed by atoms with Crippen molar-refractivity contribution in [1.29, 1.82) is 0 Å². The molecule has 2 aromatic carbocycles. The van der Waals surface area contributed by atoms with Crippen LogP contribution in [-0.2, 0) is 4.79 Å². The van der Waals surface area contributed by atoms with Crippen LogP contribution in [0, 0.1) is 0 Å². The van der Waals surface area contributed by atoms with Crippen molar-refractivity contribution in [3.8, 4) is 22.5 Å². The molecule has 3 rings (SSSR count). The first-order valence-corrected chi connectivity index (χ1v) is 8.53. The maximum absolute atomic E-state index is 11.1. The van der Waals surface area contributed by atoms with Gasteiger partial charge in [0.25, 0.3) is 0 Å². The molecule has 0 saturated heterocycles. The van der Waals surface area contributed by atoms with Gasteiger partial charge in [-0.15, -0.1) is 5.10 Å². The Morgan fingerprint density at radius 3 is 2.33 bits per heavy atom. The first-order valence-electron chi connectivity index (χ1n) is 7.65. The molecule has 122 valence electrons. The fourth-order valence-electron chi connectivity index (χ4n) is 2.31. The number of aromatic amines is 1. The van der Waals surface area contributed by atoms with E-state index < -0.39 is 11.2 Å². The van der Waals surface area contributed by atoms with Gasteiger partial charge in [-0.1, -0.05) is 73.3 Å². The number of rotatable bonds is 6. The second kappa shape index (κ2) is 7.31. The van der Waals surface area contributed by atoms with E-state index in [0.717, 1.165) is 28.5 Å². The number of thioether (sulfide) groups is 1. The maximum atomic E-state index is 11.1. The lowest BCUT2D eigenvalue weighted by molar-refractivity contribution is -0.136. The number of carboxylic acid groups (broad SMARTS) is 1. The Morgan fingerprint density at radius 1 is 1.08 bits per heavy atom. The maximum Gasteiger partial charge on any atom is 0.317 e. The molecule has 0 bridgehead atoms. The Morgan fingerprint density at radius 2 is 1.71 bits per heavy atom. The molecular formula is C18H17N3O2S. The van der Waals surface area contributed by atoms with Crippen LogP contribution in [0.4, 0.5) is 0 Å². The summed E-state index contributed by atoms with van der Waals surface area (Å²) in [6.07, 6.45) is 0.523. The summed E-state index contributed by atoms with van der Waals surface area (Å²) in [4.78, 5) is 15.5. The Labute approximate surface area is 144 Å². The second-order valence-corrected chi connectivity index (χ2v) is 6.43. The Balaban J connectivity index is 1.77. The lowest BCUT2D eigenvalue weighted by Gasteiger charge is -2.04. The van der Waals surface area contributed by atoms with Gasteiger partial charge in [-0.3, -0.25) is 9.89 Å². The molecule has 2 N–H and O–H groups in total. The van der Waals surface area contributed by atoms with Gasteiger partial charge in [0.05, 0.1) is 0 Å². The van der Waals surface area contributed by atoms with E-state index in [2.05, 4.69) is 27.3 Å². The highest BCUT2D eigenvalue weighted by Crippen LogP contribution is 2.26. The van der Waals surface area contributed by atoms with Crippen LogP contribution in [0.25, 0.3) is 22.5 Å². The van der Waals surface area contributed by atoms with Gasteiger partial charge < -0.3 is 5.11 Å². The van der Waals surface area contributed by atoms with Crippen LogP contribution in [0.5, 0.6) is 0 Å². The molecule has 5 nitrogen and oxygen atoms in total. The minimum atomic E-state index is -0.846. The predicted octanol–water partition coefficient (Wildman–Crippen LogP) is 4.09. The van der Waals surface area contributed by atoms with Crippen molar-refractivity contribution < 1.29 is 9.90 Å². The molecule has 0 aliphatic heterocycles. The molecule has 24 heavy (non-hydrogen) atoms. The molecule has 0 amide bonds. The molecule has 6 heteroatoms. The molecule has 1 heterocycles. The van der Waals surface area contributed by atoms with Crippen molar-refractivity contribution in [1.82, 2.24) is 15.2 Å². The lowest BCUT2D eigenvalue weighted by Crippen LogP contribution is -2.14. The molecular weight excluding hydrogens is 322 g/mol. The zero-order chi connectivity index (χ0) is 16.9. The number of aromatic nitrogens is 3. The highest BCUT2D eigenvalue weighted by molar-refractivity contribution is 8.00. The topological polar surface area (TPSA) is 78.9 Å². The van der Waals surface area contributed by atoms with Crippen molar-refractivity contribution in [2.45, 2.75) is 23.8 Å². The first kappa shape index (κ1) is 16.3. The smallest absolute Gasteiger partial charge is 0.317 e. The number of H-pyrrole nitrogens is 1. The number of nitrogens with zero attached hydrogens (tertiary/aromatic N) is 2. The fraction of sp³-hybridized carbons (Fsp3) is 0.167. The normalized spacial score (nSPS) is 12.0. The van der Waals surface area contributed by atoms with Gasteiger partial charge >= 0.3 is 5.97 Å². The van der Waals surface area contributed by atoms with E-state index in [9.17, 15) is 4.79 Å². The summed E-state index contributed by atoms with van der Waals surface area (Å²) in [7, 11) is 0. The van der Waals surface area contributed by atoms with Crippen LogP contribution >= 0.6 is 11.8 Å². The van der Waals surface area contributed by atoms with Crippen LogP contribution in [0.3, 0.4) is 0 Å². The van der Waals surface area contributed by atoms with E-state index in [4.69, 9.17) is 5.11 Å². The van der Waals surface area contributed by atoms with Gasteiger partial charge in [0.15, 0.2) is 5.82 Å². The van der Waals surface area contributed by atoms with Crippen molar-refractivity contribution >= 4 is 17.7 Å². The number of hydrogen-bond acceptors (Lipinski definition) is 4. The molecule has 1 atom stereocenters. The van der Waals surface area contributed by atoms with Gasteiger partial charge in [-0.05, 0) is 17.5 Å². The fourth-order valence-corrected chi connectivity index (χ4v) is 3.08. The summed E-state index contributed by atoms with van der Waals surface area (Å²) in [6.45, 7) is 1.83. The second-order valence-electron chi connectivity index (χ2n) is 5.26. The largest absolute Gasteiger partial charge is 0.480 e. The van der Waals surface area contributed by atoms with E-state index in [-0.39, 0.29) is 0 Å². The molecule has 3 aromatic rings. The lowest BCUT2D eigenvalue weighted by atomic mass is 10.0. The summed E-state index contributed by atoms with van der Waals surface area (Å²) in [6, 6.07) is 18.2. The van der Waals surface area contributed by atoms with Crippen LogP contribution < -0.4 is 0 Å². The minimum Gasteiger partial charge on any atom is -0.480 e. The van der Waals surface area contributed by atoms with Gasteiger partial charge in [0.1, 0.15) is 5.25 Å². The van der Waals surface area contributed by atoms with Crippen LogP contribution in [-0.4, -0.2) is 31.5 Å². The van der Waals surface area contributed by atoms with E-state index in [1.807, 2.05) is 49.4 Å². The average Bonchev–Trinajstić information content (AvgIpc) is 3.09. The summed E-state index contributed by atoms with van der Waals surface area (Å²) < 4.78 is 0. The predicted molar refractivity (Wildman–Crippen MR) is 94.8 cm³/mol. The Kier molecular flexibility index (Phi) is 4.96. The number of aliphatic carboxylic acids is 1. The Bertz CT molecular complexity index is 816. The molecule has 1 aromatic heterocycles. The molecule has 0 radical (unpaired) electrons. The zero-order valence-corrected chi connectivity index (χ0v) is 14.0. The van der Waals surface area contributed by atoms with Crippen molar-refractivity contribution in [3.05, 3.63) is 54.6 Å².